The minimum absolute atomic E-state index is 0.163. The number of nitriles is 1. The molecule has 0 heterocycles. The van der Waals surface area contributed by atoms with E-state index in [-0.39, 0.29) is 29.2 Å². The van der Waals surface area contributed by atoms with Gasteiger partial charge < -0.3 is 10.1 Å². The molecule has 0 spiro atoms. The summed E-state index contributed by atoms with van der Waals surface area (Å²) in [4.78, 5) is 23.5. The van der Waals surface area contributed by atoms with Crippen LogP contribution < -0.4 is 5.32 Å². The maximum Gasteiger partial charge on any atom is 0.340 e. The van der Waals surface area contributed by atoms with E-state index in [1.807, 2.05) is 6.07 Å². The number of hydrogen-bond donors (Lipinski definition) is 1. The summed E-state index contributed by atoms with van der Waals surface area (Å²) in [6, 6.07) is 10.7. The molecule has 24 heavy (non-hydrogen) atoms. The number of amides is 1. The van der Waals surface area contributed by atoms with Crippen LogP contribution in [0.3, 0.4) is 0 Å². The predicted molar refractivity (Wildman–Crippen MR) is 85.7 cm³/mol. The molecule has 0 atom stereocenters. The summed E-state index contributed by atoms with van der Waals surface area (Å²) in [7, 11) is 0. The van der Waals surface area contributed by atoms with Crippen LogP contribution in [0.1, 0.15) is 34.0 Å². The van der Waals surface area contributed by atoms with Crippen LogP contribution >= 0.6 is 0 Å². The number of aryl methyl sites for hydroxylation is 1. The number of benzene rings is 2. The molecule has 0 aliphatic heterocycles. The molecular weight excluding hydrogens is 311 g/mol. The maximum atomic E-state index is 13.8. The normalized spacial score (nSPS) is 9.92. The number of nitrogens with one attached hydrogen (secondary N) is 1. The Morgan fingerprint density at radius 1 is 1.29 bits per heavy atom. The van der Waals surface area contributed by atoms with E-state index in [1.54, 1.807) is 19.1 Å². The molecule has 1 N–H and O–H groups in total. The third-order valence-electron chi connectivity index (χ3n) is 3.33. The van der Waals surface area contributed by atoms with Gasteiger partial charge in [-0.15, -0.1) is 0 Å². The topological polar surface area (TPSA) is 79.2 Å². The number of halogens is 1. The first-order valence-electron chi connectivity index (χ1n) is 7.15. The fraction of sp³-hybridized carbons (Fsp3) is 0.167. The highest BCUT2D eigenvalue weighted by molar-refractivity contribution is 6.01. The number of rotatable bonds is 4. The molecule has 0 aliphatic rings. The van der Waals surface area contributed by atoms with E-state index in [9.17, 15) is 14.0 Å². The molecule has 0 unspecified atom stereocenters. The number of carbonyl (C=O) groups is 2. The van der Waals surface area contributed by atoms with E-state index in [1.165, 1.54) is 25.1 Å². The van der Waals surface area contributed by atoms with Crippen LogP contribution in [0, 0.1) is 24.1 Å². The van der Waals surface area contributed by atoms with Crippen LogP contribution in [0.25, 0.3) is 0 Å². The van der Waals surface area contributed by atoms with Gasteiger partial charge in [-0.1, -0.05) is 18.2 Å². The fourth-order valence-electron chi connectivity index (χ4n) is 2.13. The van der Waals surface area contributed by atoms with Crippen LogP contribution in [-0.4, -0.2) is 11.9 Å². The largest absolute Gasteiger partial charge is 0.457 e. The monoisotopic (exact) mass is 326 g/mol. The van der Waals surface area contributed by atoms with Crippen LogP contribution in [0.5, 0.6) is 0 Å². The van der Waals surface area contributed by atoms with E-state index in [0.717, 1.165) is 6.07 Å². The molecule has 122 valence electrons. The summed E-state index contributed by atoms with van der Waals surface area (Å²) in [5, 5.41) is 11.3. The summed E-state index contributed by atoms with van der Waals surface area (Å²) in [6.45, 7) is 2.82. The summed E-state index contributed by atoms with van der Waals surface area (Å²) in [5.41, 5.74) is 1.63. The molecule has 0 saturated carbocycles. The van der Waals surface area contributed by atoms with E-state index in [0.29, 0.717) is 11.3 Å². The number of carbonyl (C=O) groups excluding carboxylic acids is 2. The van der Waals surface area contributed by atoms with E-state index in [4.69, 9.17) is 10.00 Å². The Hall–Kier alpha value is -3.20. The van der Waals surface area contributed by atoms with Crippen molar-refractivity contribution in [1.29, 1.82) is 5.26 Å². The van der Waals surface area contributed by atoms with Crippen LogP contribution in [0.15, 0.2) is 36.4 Å². The first-order valence-corrected chi connectivity index (χ1v) is 7.15. The number of para-hydroxylation sites is 1. The Morgan fingerprint density at radius 3 is 2.67 bits per heavy atom. The van der Waals surface area contributed by atoms with Crippen molar-refractivity contribution in [3.8, 4) is 6.07 Å². The van der Waals surface area contributed by atoms with Crippen molar-refractivity contribution in [2.45, 2.75) is 20.5 Å². The van der Waals surface area contributed by atoms with Crippen molar-refractivity contribution < 1.29 is 18.7 Å². The second-order valence-corrected chi connectivity index (χ2v) is 5.17. The summed E-state index contributed by atoms with van der Waals surface area (Å²) < 4.78 is 18.9. The molecule has 2 rings (SSSR count). The second kappa shape index (κ2) is 7.38. The zero-order valence-electron chi connectivity index (χ0n) is 13.2. The van der Waals surface area contributed by atoms with E-state index in [2.05, 4.69) is 5.32 Å². The molecule has 0 aromatic heterocycles. The summed E-state index contributed by atoms with van der Waals surface area (Å²) >= 11 is 0. The molecular formula is C18H15FN2O3. The Morgan fingerprint density at radius 2 is 2.04 bits per heavy atom. The number of esters is 1. The van der Waals surface area contributed by atoms with Gasteiger partial charge in [0.2, 0.25) is 5.91 Å². The first-order chi connectivity index (χ1) is 11.4. The Bertz CT molecular complexity index is 841. The van der Waals surface area contributed by atoms with Gasteiger partial charge in [-0.05, 0) is 30.7 Å². The Kier molecular flexibility index (Phi) is 5.27. The number of hydrogen-bond acceptors (Lipinski definition) is 4. The molecule has 2 aromatic rings. The van der Waals surface area contributed by atoms with E-state index >= 15 is 0 Å². The lowest BCUT2D eigenvalue weighted by atomic mass is 10.1. The zero-order valence-corrected chi connectivity index (χ0v) is 13.2. The standard InChI is InChI=1S/C18H15FN2O3/c1-11-4-3-5-15(17(11)21-12(2)22)18(23)24-10-14-7-6-13(9-20)8-16(14)19/h3-8H,10H2,1-2H3,(H,21,22). The van der Waals surface area contributed by atoms with Gasteiger partial charge in [-0.2, -0.15) is 5.26 Å². The smallest absolute Gasteiger partial charge is 0.340 e. The van der Waals surface area contributed by atoms with Crippen molar-refractivity contribution in [3.63, 3.8) is 0 Å². The van der Waals surface area contributed by atoms with Gasteiger partial charge in [0.25, 0.3) is 0 Å². The minimum Gasteiger partial charge on any atom is -0.457 e. The lowest BCUT2D eigenvalue weighted by molar-refractivity contribution is -0.114. The van der Waals surface area contributed by atoms with Crippen molar-refractivity contribution in [1.82, 2.24) is 0 Å². The molecule has 1 amide bonds. The molecule has 0 bridgehead atoms. The van der Waals surface area contributed by atoms with E-state index < -0.39 is 11.8 Å². The predicted octanol–water partition coefficient (Wildman–Crippen LogP) is 3.32. The number of anilines is 1. The molecule has 2 aromatic carbocycles. The number of nitrogens with zero attached hydrogens (tertiary/aromatic N) is 1. The summed E-state index contributed by atoms with van der Waals surface area (Å²) in [6.07, 6.45) is 0. The lowest BCUT2D eigenvalue weighted by Gasteiger charge is -2.12. The van der Waals surface area contributed by atoms with Gasteiger partial charge in [-0.25, -0.2) is 9.18 Å². The molecule has 0 aliphatic carbocycles. The summed E-state index contributed by atoms with van der Waals surface area (Å²) in [5.74, 6) is -1.60. The van der Waals surface area contributed by atoms with Gasteiger partial charge in [0.05, 0.1) is 22.9 Å². The average Bonchev–Trinajstić information content (AvgIpc) is 2.54. The maximum absolute atomic E-state index is 13.8. The second-order valence-electron chi connectivity index (χ2n) is 5.17. The fourth-order valence-corrected chi connectivity index (χ4v) is 2.13. The van der Waals surface area contributed by atoms with Gasteiger partial charge >= 0.3 is 5.97 Å². The Balaban J connectivity index is 2.18. The van der Waals surface area contributed by atoms with Crippen LogP contribution in [0.4, 0.5) is 10.1 Å². The highest BCUT2D eigenvalue weighted by Crippen LogP contribution is 2.22. The van der Waals surface area contributed by atoms with Gasteiger partial charge in [-0.3, -0.25) is 4.79 Å². The van der Waals surface area contributed by atoms with Crippen LogP contribution in [-0.2, 0) is 16.1 Å². The quantitative estimate of drug-likeness (QED) is 0.874. The lowest BCUT2D eigenvalue weighted by Crippen LogP contribution is -2.14. The molecule has 0 fully saturated rings. The zero-order chi connectivity index (χ0) is 17.7. The third kappa shape index (κ3) is 3.96. The molecule has 0 radical (unpaired) electrons. The van der Waals surface area contributed by atoms with Gasteiger partial charge in [0, 0.05) is 12.5 Å². The SMILES string of the molecule is CC(=O)Nc1c(C)cccc1C(=O)OCc1ccc(C#N)cc1F. The van der Waals surface area contributed by atoms with Crippen LogP contribution in [0.2, 0.25) is 0 Å². The highest BCUT2D eigenvalue weighted by Gasteiger charge is 2.16. The van der Waals surface area contributed by atoms with Crippen molar-refractivity contribution in [2.75, 3.05) is 5.32 Å². The minimum atomic E-state index is -0.675. The van der Waals surface area contributed by atoms with Crippen molar-refractivity contribution >= 4 is 17.6 Å². The average molecular weight is 326 g/mol. The van der Waals surface area contributed by atoms with Gasteiger partial charge in [0.1, 0.15) is 12.4 Å². The molecule has 5 nitrogen and oxygen atoms in total. The Labute approximate surface area is 138 Å². The third-order valence-corrected chi connectivity index (χ3v) is 3.33. The molecule has 0 saturated heterocycles. The first kappa shape index (κ1) is 17.2. The van der Waals surface area contributed by atoms with Crippen molar-refractivity contribution in [3.05, 3.63) is 64.5 Å². The van der Waals surface area contributed by atoms with Gasteiger partial charge in [0.15, 0.2) is 0 Å². The van der Waals surface area contributed by atoms with Crippen molar-refractivity contribution in [2.24, 2.45) is 0 Å². The highest BCUT2D eigenvalue weighted by atomic mass is 19.1. The molecule has 6 heteroatoms. The number of ether oxygens (including phenoxy) is 1.